The molecule has 2 aliphatic rings. The van der Waals surface area contributed by atoms with Crippen LogP contribution in [0, 0.1) is 0 Å². The third-order valence-corrected chi connectivity index (χ3v) is 4.95. The van der Waals surface area contributed by atoms with Crippen LogP contribution in [0.2, 0.25) is 5.02 Å². The van der Waals surface area contributed by atoms with Crippen molar-refractivity contribution in [1.29, 1.82) is 0 Å². The zero-order chi connectivity index (χ0) is 16.4. The predicted molar refractivity (Wildman–Crippen MR) is 86.4 cm³/mol. The Morgan fingerprint density at radius 2 is 2.04 bits per heavy atom. The first kappa shape index (κ1) is 16.1. The van der Waals surface area contributed by atoms with E-state index in [1.54, 1.807) is 17.0 Å². The molecule has 0 aliphatic carbocycles. The van der Waals surface area contributed by atoms with Gasteiger partial charge in [-0.1, -0.05) is 17.7 Å². The van der Waals surface area contributed by atoms with Crippen LogP contribution in [0.5, 0.6) is 5.75 Å². The molecule has 1 aromatic carbocycles. The number of phenolic OH excluding ortho intramolecular Hbond substituents is 1. The summed E-state index contributed by atoms with van der Waals surface area (Å²) in [5, 5.41) is 15.9. The molecule has 6 nitrogen and oxygen atoms in total. The lowest BCUT2D eigenvalue weighted by Gasteiger charge is -2.43. The van der Waals surface area contributed by atoms with Crippen molar-refractivity contribution < 1.29 is 14.7 Å². The number of hydrogen-bond donors (Lipinski definition) is 3. The van der Waals surface area contributed by atoms with Crippen molar-refractivity contribution in [2.45, 2.75) is 24.8 Å². The van der Waals surface area contributed by atoms with E-state index in [9.17, 15) is 14.7 Å². The highest BCUT2D eigenvalue weighted by Crippen LogP contribution is 2.26. The number of likely N-dealkylation sites (tertiary alicyclic amines) is 1. The first-order chi connectivity index (χ1) is 11.0. The van der Waals surface area contributed by atoms with E-state index in [0.717, 1.165) is 12.1 Å². The van der Waals surface area contributed by atoms with Crippen LogP contribution < -0.4 is 10.6 Å². The van der Waals surface area contributed by atoms with Crippen LogP contribution in [0.4, 0.5) is 0 Å². The van der Waals surface area contributed by atoms with Crippen LogP contribution in [0.3, 0.4) is 0 Å². The number of carbonyl (C=O) groups excluding carboxylic acids is 2. The molecule has 2 fully saturated rings. The lowest BCUT2D eigenvalue weighted by Crippen LogP contribution is -2.67. The predicted octanol–water partition coefficient (Wildman–Crippen LogP) is 0.669. The van der Waals surface area contributed by atoms with E-state index in [4.69, 9.17) is 11.6 Å². The van der Waals surface area contributed by atoms with E-state index in [-0.39, 0.29) is 29.0 Å². The van der Waals surface area contributed by atoms with Crippen LogP contribution in [0.15, 0.2) is 18.2 Å². The molecule has 124 valence electrons. The van der Waals surface area contributed by atoms with Gasteiger partial charge in [0.15, 0.2) is 0 Å². The lowest BCUT2D eigenvalue weighted by molar-refractivity contribution is -0.138. The molecule has 2 heterocycles. The third kappa shape index (κ3) is 3.28. The molecule has 0 saturated carbocycles. The summed E-state index contributed by atoms with van der Waals surface area (Å²) in [5.74, 6) is 0.0659. The summed E-state index contributed by atoms with van der Waals surface area (Å²) in [6, 6.07) is 4.80. The Morgan fingerprint density at radius 1 is 1.30 bits per heavy atom. The van der Waals surface area contributed by atoms with E-state index < -0.39 is 5.54 Å². The van der Waals surface area contributed by atoms with Gasteiger partial charge in [0.25, 0.3) is 0 Å². The van der Waals surface area contributed by atoms with Crippen molar-refractivity contribution in [3.63, 3.8) is 0 Å². The fraction of sp³-hybridized carbons (Fsp3) is 0.500. The Balaban J connectivity index is 1.59. The standard InChI is InChI=1S/C16H20ClN3O3/c17-12-9-11(1-2-13(12)21)10-14(22)20-7-3-16(4-8-20)15(23)18-5-6-19-16/h1-2,9,19,21H,3-8,10H2,(H,18,23). The number of phenols is 1. The summed E-state index contributed by atoms with van der Waals surface area (Å²) in [6.45, 7) is 2.55. The zero-order valence-electron chi connectivity index (χ0n) is 12.8. The molecule has 3 rings (SSSR count). The van der Waals surface area contributed by atoms with Crippen molar-refractivity contribution in [2.75, 3.05) is 26.2 Å². The van der Waals surface area contributed by atoms with E-state index in [1.807, 2.05) is 0 Å². The highest BCUT2D eigenvalue weighted by Gasteiger charge is 2.43. The maximum atomic E-state index is 12.4. The molecule has 1 aromatic rings. The highest BCUT2D eigenvalue weighted by molar-refractivity contribution is 6.32. The Bertz CT molecular complexity index is 627. The van der Waals surface area contributed by atoms with Crippen molar-refractivity contribution >= 4 is 23.4 Å². The molecule has 2 amide bonds. The number of benzene rings is 1. The minimum Gasteiger partial charge on any atom is -0.506 e. The average Bonchev–Trinajstić information content (AvgIpc) is 2.54. The van der Waals surface area contributed by atoms with Crippen molar-refractivity contribution in [2.24, 2.45) is 0 Å². The Kier molecular flexibility index (Phi) is 4.46. The number of carbonyl (C=O) groups is 2. The number of halogens is 1. The minimum absolute atomic E-state index is 0.0113. The molecule has 0 unspecified atom stereocenters. The molecule has 0 aromatic heterocycles. The molecular formula is C16H20ClN3O3. The van der Waals surface area contributed by atoms with Gasteiger partial charge in [-0.3, -0.25) is 9.59 Å². The quantitative estimate of drug-likeness (QED) is 0.741. The van der Waals surface area contributed by atoms with Crippen molar-refractivity contribution in [3.8, 4) is 5.75 Å². The maximum absolute atomic E-state index is 12.4. The van der Waals surface area contributed by atoms with Gasteiger partial charge in [-0.25, -0.2) is 0 Å². The van der Waals surface area contributed by atoms with Crippen LogP contribution in [-0.4, -0.2) is 53.5 Å². The van der Waals surface area contributed by atoms with E-state index in [2.05, 4.69) is 10.6 Å². The summed E-state index contributed by atoms with van der Waals surface area (Å²) in [7, 11) is 0. The van der Waals surface area contributed by atoms with Gasteiger partial charge in [-0.05, 0) is 30.5 Å². The van der Waals surface area contributed by atoms with Gasteiger partial charge in [0, 0.05) is 26.2 Å². The van der Waals surface area contributed by atoms with Crippen molar-refractivity contribution in [1.82, 2.24) is 15.5 Å². The molecule has 0 atom stereocenters. The monoisotopic (exact) mass is 337 g/mol. The largest absolute Gasteiger partial charge is 0.506 e. The number of piperidine rings is 1. The Hall–Kier alpha value is -1.79. The third-order valence-electron chi connectivity index (χ3n) is 4.65. The van der Waals surface area contributed by atoms with Gasteiger partial charge in [-0.2, -0.15) is 0 Å². The summed E-state index contributed by atoms with van der Waals surface area (Å²) >= 11 is 5.87. The van der Waals surface area contributed by atoms with Crippen LogP contribution in [-0.2, 0) is 16.0 Å². The second-order valence-electron chi connectivity index (χ2n) is 6.11. The molecule has 2 aliphatic heterocycles. The van der Waals surface area contributed by atoms with Gasteiger partial charge >= 0.3 is 0 Å². The van der Waals surface area contributed by atoms with E-state index in [0.29, 0.717) is 32.5 Å². The number of amides is 2. The summed E-state index contributed by atoms with van der Waals surface area (Å²) in [4.78, 5) is 26.3. The molecule has 3 N–H and O–H groups in total. The summed E-state index contributed by atoms with van der Waals surface area (Å²) < 4.78 is 0. The van der Waals surface area contributed by atoms with Crippen LogP contribution in [0.25, 0.3) is 0 Å². The number of rotatable bonds is 2. The van der Waals surface area contributed by atoms with Crippen LogP contribution >= 0.6 is 11.6 Å². The van der Waals surface area contributed by atoms with Gasteiger partial charge in [0.2, 0.25) is 11.8 Å². The number of nitrogens with one attached hydrogen (secondary N) is 2. The highest BCUT2D eigenvalue weighted by atomic mass is 35.5. The Morgan fingerprint density at radius 3 is 2.70 bits per heavy atom. The normalized spacial score (nSPS) is 20.4. The fourth-order valence-corrected chi connectivity index (χ4v) is 3.42. The average molecular weight is 338 g/mol. The van der Waals surface area contributed by atoms with Gasteiger partial charge in [0.05, 0.1) is 11.4 Å². The second kappa shape index (κ2) is 6.37. The summed E-state index contributed by atoms with van der Waals surface area (Å²) in [6.07, 6.45) is 1.49. The summed E-state index contributed by atoms with van der Waals surface area (Å²) in [5.41, 5.74) is 0.253. The smallest absolute Gasteiger partial charge is 0.240 e. The number of piperazine rings is 1. The molecule has 0 radical (unpaired) electrons. The first-order valence-corrected chi connectivity index (χ1v) is 8.16. The first-order valence-electron chi connectivity index (χ1n) is 7.79. The van der Waals surface area contributed by atoms with Crippen LogP contribution in [0.1, 0.15) is 18.4 Å². The van der Waals surface area contributed by atoms with Gasteiger partial charge in [-0.15, -0.1) is 0 Å². The van der Waals surface area contributed by atoms with E-state index in [1.165, 1.54) is 6.07 Å². The topological polar surface area (TPSA) is 81.7 Å². The number of hydrogen-bond acceptors (Lipinski definition) is 4. The molecule has 1 spiro atoms. The van der Waals surface area contributed by atoms with Gasteiger partial charge < -0.3 is 20.6 Å². The van der Waals surface area contributed by atoms with Crippen molar-refractivity contribution in [3.05, 3.63) is 28.8 Å². The minimum atomic E-state index is -0.517. The SMILES string of the molecule is O=C(Cc1ccc(O)c(Cl)c1)N1CCC2(CC1)NCCNC2=O. The van der Waals surface area contributed by atoms with E-state index >= 15 is 0 Å². The lowest BCUT2D eigenvalue weighted by atomic mass is 9.85. The molecule has 0 bridgehead atoms. The molecule has 23 heavy (non-hydrogen) atoms. The van der Waals surface area contributed by atoms with Gasteiger partial charge in [0.1, 0.15) is 11.3 Å². The maximum Gasteiger partial charge on any atom is 0.240 e. The zero-order valence-corrected chi connectivity index (χ0v) is 13.5. The second-order valence-corrected chi connectivity index (χ2v) is 6.52. The fourth-order valence-electron chi connectivity index (χ4n) is 3.22. The number of nitrogens with zero attached hydrogens (tertiary/aromatic N) is 1. The molecular weight excluding hydrogens is 318 g/mol. The molecule has 7 heteroatoms. The molecule has 2 saturated heterocycles. The Labute approximate surface area is 139 Å². The number of aromatic hydroxyl groups is 1.